The van der Waals surface area contributed by atoms with Crippen LogP contribution in [0.15, 0.2) is 0 Å². The standard InChI is InChI=1S/C9H20O3Si/c1-5-9(6-12-7-9)8-13(4,10-2)11-3/h5-8H2,1-4H3. The molecular formula is C9H20O3Si. The lowest BCUT2D eigenvalue weighted by molar-refractivity contribution is -0.107. The first kappa shape index (κ1) is 11.2. The highest BCUT2D eigenvalue weighted by Crippen LogP contribution is 2.39. The molecule has 0 N–H and O–H groups in total. The van der Waals surface area contributed by atoms with E-state index in [0.29, 0.717) is 5.41 Å². The normalized spacial score (nSPS) is 21.2. The summed E-state index contributed by atoms with van der Waals surface area (Å²) in [6.45, 7) is 6.07. The van der Waals surface area contributed by atoms with Gasteiger partial charge in [-0.1, -0.05) is 6.92 Å². The lowest BCUT2D eigenvalue weighted by Crippen LogP contribution is -2.50. The third-order valence-corrected chi connectivity index (χ3v) is 6.25. The third-order valence-electron chi connectivity index (χ3n) is 3.13. The van der Waals surface area contributed by atoms with Crippen molar-refractivity contribution in [1.82, 2.24) is 0 Å². The number of ether oxygens (including phenoxy) is 1. The minimum absolute atomic E-state index is 0.340. The summed E-state index contributed by atoms with van der Waals surface area (Å²) in [6, 6.07) is 1.05. The molecule has 1 heterocycles. The Morgan fingerprint density at radius 1 is 1.31 bits per heavy atom. The highest BCUT2D eigenvalue weighted by molar-refractivity contribution is 6.66. The maximum Gasteiger partial charge on any atom is 0.335 e. The molecule has 0 amide bonds. The summed E-state index contributed by atoms with van der Waals surface area (Å²) in [7, 11) is 1.59. The summed E-state index contributed by atoms with van der Waals surface area (Å²) in [5.74, 6) is 0. The second-order valence-corrected chi connectivity index (χ2v) is 7.50. The molecule has 0 aromatic rings. The zero-order valence-corrected chi connectivity index (χ0v) is 10.1. The van der Waals surface area contributed by atoms with Crippen LogP contribution in [-0.2, 0) is 13.6 Å². The van der Waals surface area contributed by atoms with Crippen LogP contribution in [0.5, 0.6) is 0 Å². The molecule has 0 unspecified atom stereocenters. The van der Waals surface area contributed by atoms with E-state index in [1.165, 1.54) is 0 Å². The molecule has 0 bridgehead atoms. The molecule has 78 valence electrons. The van der Waals surface area contributed by atoms with E-state index < -0.39 is 8.56 Å². The highest BCUT2D eigenvalue weighted by Gasteiger charge is 2.45. The van der Waals surface area contributed by atoms with Crippen LogP contribution in [0, 0.1) is 5.41 Å². The summed E-state index contributed by atoms with van der Waals surface area (Å²) in [4.78, 5) is 0. The summed E-state index contributed by atoms with van der Waals surface area (Å²) in [5.41, 5.74) is 0.340. The summed E-state index contributed by atoms with van der Waals surface area (Å²) >= 11 is 0. The Labute approximate surface area is 81.6 Å². The Kier molecular flexibility index (Phi) is 3.51. The van der Waals surface area contributed by atoms with Crippen LogP contribution in [0.4, 0.5) is 0 Å². The van der Waals surface area contributed by atoms with Crippen molar-refractivity contribution in [3.05, 3.63) is 0 Å². The fourth-order valence-corrected chi connectivity index (χ4v) is 4.00. The lowest BCUT2D eigenvalue weighted by atomic mass is 9.85. The first-order chi connectivity index (χ1) is 6.10. The Balaban J connectivity index is 2.53. The molecule has 3 nitrogen and oxygen atoms in total. The second-order valence-electron chi connectivity index (χ2n) is 4.07. The van der Waals surface area contributed by atoms with Gasteiger partial charge >= 0.3 is 8.56 Å². The van der Waals surface area contributed by atoms with Gasteiger partial charge in [-0.3, -0.25) is 0 Å². The molecule has 13 heavy (non-hydrogen) atoms. The quantitative estimate of drug-likeness (QED) is 0.639. The molecule has 0 aromatic heterocycles. The average Bonchev–Trinajstić information content (AvgIpc) is 2.11. The van der Waals surface area contributed by atoms with E-state index in [0.717, 1.165) is 25.7 Å². The van der Waals surface area contributed by atoms with Crippen molar-refractivity contribution in [1.29, 1.82) is 0 Å². The van der Waals surface area contributed by atoms with Gasteiger partial charge in [-0.15, -0.1) is 0 Å². The van der Waals surface area contributed by atoms with Gasteiger partial charge < -0.3 is 13.6 Å². The Morgan fingerprint density at radius 2 is 1.85 bits per heavy atom. The van der Waals surface area contributed by atoms with Crippen molar-refractivity contribution in [2.45, 2.75) is 25.9 Å². The molecule has 1 aliphatic rings. The summed E-state index contributed by atoms with van der Waals surface area (Å²) in [5, 5.41) is 0. The van der Waals surface area contributed by atoms with Crippen molar-refractivity contribution in [2.75, 3.05) is 27.4 Å². The van der Waals surface area contributed by atoms with Gasteiger partial charge in [0.2, 0.25) is 0 Å². The third kappa shape index (κ3) is 2.31. The van der Waals surface area contributed by atoms with E-state index in [1.54, 1.807) is 14.2 Å². The molecule has 0 saturated carbocycles. The lowest BCUT2D eigenvalue weighted by Gasteiger charge is -2.44. The first-order valence-electron chi connectivity index (χ1n) is 4.78. The van der Waals surface area contributed by atoms with Crippen molar-refractivity contribution in [2.24, 2.45) is 5.41 Å². The summed E-state index contributed by atoms with van der Waals surface area (Å²) in [6.07, 6.45) is 1.16. The van der Waals surface area contributed by atoms with Crippen molar-refractivity contribution in [3.8, 4) is 0 Å². The maximum atomic E-state index is 5.48. The van der Waals surface area contributed by atoms with Gasteiger partial charge in [-0.05, 0) is 13.0 Å². The van der Waals surface area contributed by atoms with Crippen molar-refractivity contribution in [3.63, 3.8) is 0 Å². The van der Waals surface area contributed by atoms with E-state index in [1.807, 2.05) is 0 Å². The van der Waals surface area contributed by atoms with Crippen LogP contribution in [0.3, 0.4) is 0 Å². The minimum atomic E-state index is -1.90. The number of hydrogen-bond acceptors (Lipinski definition) is 3. The smallest absolute Gasteiger partial charge is 0.335 e. The average molecular weight is 204 g/mol. The molecule has 1 rings (SSSR count). The Bertz CT molecular complexity index is 148. The predicted molar refractivity (Wildman–Crippen MR) is 54.0 cm³/mol. The maximum absolute atomic E-state index is 5.48. The Morgan fingerprint density at radius 3 is 2.08 bits per heavy atom. The van der Waals surface area contributed by atoms with Crippen molar-refractivity contribution < 1.29 is 13.6 Å². The van der Waals surface area contributed by atoms with E-state index in [9.17, 15) is 0 Å². The van der Waals surface area contributed by atoms with Crippen LogP contribution in [0.2, 0.25) is 12.6 Å². The molecular weight excluding hydrogens is 184 g/mol. The van der Waals surface area contributed by atoms with E-state index >= 15 is 0 Å². The molecule has 0 radical (unpaired) electrons. The highest BCUT2D eigenvalue weighted by atomic mass is 28.4. The number of rotatable bonds is 5. The zero-order chi connectivity index (χ0) is 9.95. The van der Waals surface area contributed by atoms with Gasteiger partial charge in [0.05, 0.1) is 13.2 Å². The van der Waals surface area contributed by atoms with Crippen LogP contribution < -0.4 is 0 Å². The van der Waals surface area contributed by atoms with Gasteiger partial charge in [0.15, 0.2) is 0 Å². The van der Waals surface area contributed by atoms with Gasteiger partial charge in [-0.2, -0.15) is 0 Å². The molecule has 4 heteroatoms. The summed E-state index contributed by atoms with van der Waals surface area (Å²) < 4.78 is 16.2. The van der Waals surface area contributed by atoms with E-state index in [4.69, 9.17) is 13.6 Å². The van der Waals surface area contributed by atoms with Crippen LogP contribution in [-0.4, -0.2) is 36.0 Å². The van der Waals surface area contributed by atoms with E-state index in [-0.39, 0.29) is 0 Å². The molecule has 1 saturated heterocycles. The van der Waals surface area contributed by atoms with Gasteiger partial charge in [-0.25, -0.2) is 0 Å². The van der Waals surface area contributed by atoms with Crippen LogP contribution in [0.1, 0.15) is 13.3 Å². The largest absolute Gasteiger partial charge is 0.398 e. The van der Waals surface area contributed by atoms with Crippen LogP contribution in [0.25, 0.3) is 0 Å². The molecule has 0 aromatic carbocycles. The fourth-order valence-electron chi connectivity index (χ4n) is 1.73. The monoisotopic (exact) mass is 204 g/mol. The predicted octanol–water partition coefficient (Wildman–Crippen LogP) is 1.78. The molecule has 0 aliphatic carbocycles. The topological polar surface area (TPSA) is 27.7 Å². The van der Waals surface area contributed by atoms with Crippen molar-refractivity contribution >= 4 is 8.56 Å². The Hall–Kier alpha value is 0.0969. The molecule has 0 spiro atoms. The minimum Gasteiger partial charge on any atom is -0.398 e. The molecule has 1 aliphatic heterocycles. The van der Waals surface area contributed by atoms with Gasteiger partial charge in [0.25, 0.3) is 0 Å². The van der Waals surface area contributed by atoms with Gasteiger partial charge in [0.1, 0.15) is 0 Å². The second kappa shape index (κ2) is 4.08. The van der Waals surface area contributed by atoms with Gasteiger partial charge in [0, 0.05) is 25.7 Å². The van der Waals surface area contributed by atoms with E-state index in [2.05, 4.69) is 13.5 Å². The fraction of sp³-hybridized carbons (Fsp3) is 1.00. The first-order valence-corrected chi connectivity index (χ1v) is 7.30. The molecule has 1 fully saturated rings. The zero-order valence-electron chi connectivity index (χ0n) is 9.05. The number of hydrogen-bond donors (Lipinski definition) is 0. The SMILES string of the molecule is CCC1(C[Si](C)(OC)OC)COC1. The van der Waals surface area contributed by atoms with Crippen LogP contribution >= 0.6 is 0 Å². The molecule has 0 atom stereocenters.